The second-order valence-corrected chi connectivity index (χ2v) is 3.16. The molecule has 0 saturated heterocycles. The molecule has 0 aliphatic carbocycles. The Kier molecular flexibility index (Phi) is 1.93. The van der Waals surface area contributed by atoms with Crippen LogP contribution in [0.1, 0.15) is 17.3 Å². The fraction of sp³-hybridized carbons (Fsp3) is 0.0909. The van der Waals surface area contributed by atoms with Gasteiger partial charge in [-0.05, 0) is 19.1 Å². The van der Waals surface area contributed by atoms with Crippen LogP contribution in [0.25, 0.3) is 10.9 Å². The Hall–Kier alpha value is -1.90. The predicted molar refractivity (Wildman–Crippen MR) is 56.2 cm³/mol. The maximum Gasteiger partial charge on any atom is 0.161 e. The first kappa shape index (κ1) is 8.69. The van der Waals surface area contributed by atoms with Crippen molar-refractivity contribution in [3.63, 3.8) is 0 Å². The molecule has 1 aromatic heterocycles. The third-order valence-corrected chi connectivity index (χ3v) is 2.19. The Labute approximate surface area is 81.6 Å². The average Bonchev–Trinajstić information content (AvgIpc) is 2.18. The molecule has 2 N–H and O–H groups in total. The first-order valence-corrected chi connectivity index (χ1v) is 4.34. The van der Waals surface area contributed by atoms with Gasteiger partial charge in [-0.2, -0.15) is 0 Å². The average molecular weight is 186 g/mol. The van der Waals surface area contributed by atoms with Gasteiger partial charge in [0.15, 0.2) is 5.78 Å². The quantitative estimate of drug-likeness (QED) is 0.547. The summed E-state index contributed by atoms with van der Waals surface area (Å²) in [5, 5.41) is 0.954. The number of aromatic nitrogens is 1. The molecule has 1 heterocycles. The molecular weight excluding hydrogens is 176 g/mol. The molecule has 1 aromatic carbocycles. The minimum absolute atomic E-state index is 0.0324. The molecule has 0 fully saturated rings. The Morgan fingerprint density at radius 3 is 2.86 bits per heavy atom. The third kappa shape index (κ3) is 1.23. The van der Waals surface area contributed by atoms with Gasteiger partial charge in [0.2, 0.25) is 0 Å². The minimum Gasteiger partial charge on any atom is -0.396 e. The Balaban J connectivity index is 2.81. The number of nitrogens with two attached hydrogens (primary N) is 1. The molecule has 3 heteroatoms. The fourth-order valence-electron chi connectivity index (χ4n) is 1.47. The summed E-state index contributed by atoms with van der Waals surface area (Å²) in [5.74, 6) is -0.0324. The molecule has 0 aliphatic rings. The van der Waals surface area contributed by atoms with Crippen LogP contribution in [-0.2, 0) is 0 Å². The van der Waals surface area contributed by atoms with Crippen LogP contribution in [-0.4, -0.2) is 10.8 Å². The van der Waals surface area contributed by atoms with Gasteiger partial charge in [0.25, 0.3) is 0 Å². The summed E-state index contributed by atoms with van der Waals surface area (Å²) in [6, 6.07) is 7.36. The number of rotatable bonds is 1. The van der Waals surface area contributed by atoms with Gasteiger partial charge in [0.05, 0.1) is 11.2 Å². The van der Waals surface area contributed by atoms with E-state index in [-0.39, 0.29) is 5.78 Å². The van der Waals surface area contributed by atoms with Crippen LogP contribution in [0.2, 0.25) is 0 Å². The van der Waals surface area contributed by atoms with Gasteiger partial charge in [-0.15, -0.1) is 0 Å². The number of fused-ring (bicyclic) bond motifs is 1. The van der Waals surface area contributed by atoms with Crippen LogP contribution in [0.15, 0.2) is 30.5 Å². The highest BCUT2D eigenvalue weighted by molar-refractivity contribution is 6.06. The molecule has 2 aromatic rings. The number of anilines is 1. The van der Waals surface area contributed by atoms with Crippen LogP contribution in [0, 0.1) is 0 Å². The second-order valence-electron chi connectivity index (χ2n) is 3.16. The summed E-state index contributed by atoms with van der Waals surface area (Å²) >= 11 is 0. The number of Topliss-reactive ketones (excluding diaryl/α,β-unsaturated/α-hetero) is 1. The van der Waals surface area contributed by atoms with E-state index >= 15 is 0 Å². The van der Waals surface area contributed by atoms with Crippen molar-refractivity contribution in [1.29, 1.82) is 0 Å². The van der Waals surface area contributed by atoms with Crippen molar-refractivity contribution in [2.24, 2.45) is 0 Å². The summed E-state index contributed by atoms with van der Waals surface area (Å²) in [6.07, 6.45) is 1.67. The number of nitrogens with zero attached hydrogens (tertiary/aromatic N) is 1. The lowest BCUT2D eigenvalue weighted by atomic mass is 10.1. The van der Waals surface area contributed by atoms with E-state index in [2.05, 4.69) is 4.98 Å². The van der Waals surface area contributed by atoms with Crippen molar-refractivity contribution in [1.82, 2.24) is 4.98 Å². The lowest BCUT2D eigenvalue weighted by molar-refractivity contribution is 0.101. The van der Waals surface area contributed by atoms with E-state index in [1.165, 1.54) is 6.92 Å². The number of carbonyl (C=O) groups is 1. The van der Waals surface area contributed by atoms with Gasteiger partial charge in [-0.1, -0.05) is 12.1 Å². The first-order chi connectivity index (χ1) is 6.70. The highest BCUT2D eigenvalue weighted by atomic mass is 16.1. The Bertz CT molecular complexity index is 506. The molecule has 0 aliphatic heterocycles. The van der Waals surface area contributed by atoms with E-state index in [1.54, 1.807) is 12.3 Å². The molecule has 0 bridgehead atoms. The number of nitrogen functional groups attached to an aromatic ring is 1. The van der Waals surface area contributed by atoms with E-state index < -0.39 is 0 Å². The normalized spacial score (nSPS) is 10.4. The van der Waals surface area contributed by atoms with Crippen LogP contribution in [0.3, 0.4) is 0 Å². The monoisotopic (exact) mass is 186 g/mol. The molecule has 14 heavy (non-hydrogen) atoms. The van der Waals surface area contributed by atoms with Gasteiger partial charge in [-0.3, -0.25) is 9.78 Å². The first-order valence-electron chi connectivity index (χ1n) is 4.34. The van der Waals surface area contributed by atoms with Gasteiger partial charge in [-0.25, -0.2) is 0 Å². The zero-order valence-electron chi connectivity index (χ0n) is 7.82. The largest absolute Gasteiger partial charge is 0.396 e. The van der Waals surface area contributed by atoms with Crippen LogP contribution >= 0.6 is 0 Å². The maximum absolute atomic E-state index is 11.2. The molecule has 0 spiro atoms. The van der Waals surface area contributed by atoms with Crippen molar-refractivity contribution in [3.05, 3.63) is 36.0 Å². The minimum atomic E-state index is -0.0324. The van der Waals surface area contributed by atoms with Crippen LogP contribution in [0.5, 0.6) is 0 Å². The summed E-state index contributed by atoms with van der Waals surface area (Å²) in [4.78, 5) is 15.3. The van der Waals surface area contributed by atoms with E-state index in [0.717, 1.165) is 5.39 Å². The Morgan fingerprint density at radius 1 is 1.36 bits per heavy atom. The van der Waals surface area contributed by atoms with Gasteiger partial charge >= 0.3 is 0 Å². The molecular formula is C11H10N2O. The summed E-state index contributed by atoms with van der Waals surface area (Å²) in [7, 11) is 0. The van der Waals surface area contributed by atoms with Crippen molar-refractivity contribution in [2.75, 3.05) is 5.73 Å². The van der Waals surface area contributed by atoms with E-state index in [9.17, 15) is 4.79 Å². The highest BCUT2D eigenvalue weighted by Crippen LogP contribution is 2.22. The molecule has 0 atom stereocenters. The zero-order valence-corrected chi connectivity index (χ0v) is 7.82. The highest BCUT2D eigenvalue weighted by Gasteiger charge is 2.08. The maximum atomic E-state index is 11.2. The van der Waals surface area contributed by atoms with E-state index in [4.69, 9.17) is 5.73 Å². The predicted octanol–water partition coefficient (Wildman–Crippen LogP) is 2.02. The number of benzene rings is 1. The fourth-order valence-corrected chi connectivity index (χ4v) is 1.47. The molecule has 2 rings (SSSR count). The zero-order chi connectivity index (χ0) is 10.1. The number of pyridine rings is 1. The molecule has 0 amide bonds. The summed E-state index contributed by atoms with van der Waals surface area (Å²) in [5.41, 5.74) is 7.54. The number of ketones is 1. The van der Waals surface area contributed by atoms with Crippen molar-refractivity contribution >= 4 is 22.4 Å². The number of hydrogen-bond acceptors (Lipinski definition) is 3. The Morgan fingerprint density at radius 2 is 2.14 bits per heavy atom. The van der Waals surface area contributed by atoms with Crippen LogP contribution < -0.4 is 5.73 Å². The third-order valence-electron chi connectivity index (χ3n) is 2.19. The number of carbonyl (C=O) groups excluding carboxylic acids is 1. The van der Waals surface area contributed by atoms with Gasteiger partial charge < -0.3 is 5.73 Å². The lowest BCUT2D eigenvalue weighted by Crippen LogP contribution is -2.00. The molecule has 0 saturated carbocycles. The molecule has 0 radical (unpaired) electrons. The van der Waals surface area contributed by atoms with Crippen molar-refractivity contribution < 1.29 is 4.79 Å². The lowest BCUT2D eigenvalue weighted by Gasteiger charge is -2.04. The van der Waals surface area contributed by atoms with Crippen molar-refractivity contribution in [3.8, 4) is 0 Å². The summed E-state index contributed by atoms with van der Waals surface area (Å²) in [6.45, 7) is 1.50. The van der Waals surface area contributed by atoms with E-state index in [0.29, 0.717) is 16.8 Å². The van der Waals surface area contributed by atoms with E-state index in [1.807, 2.05) is 18.2 Å². The molecule has 70 valence electrons. The smallest absolute Gasteiger partial charge is 0.161 e. The second kappa shape index (κ2) is 3.10. The summed E-state index contributed by atoms with van der Waals surface area (Å²) < 4.78 is 0. The topological polar surface area (TPSA) is 56.0 Å². The molecule has 3 nitrogen and oxygen atoms in total. The standard InChI is InChI=1S/C11H10N2O/c1-7(14)9-5-4-8-3-2-6-13-11(8)10(9)12/h2-6H,12H2,1H3. The van der Waals surface area contributed by atoms with Gasteiger partial charge in [0, 0.05) is 17.1 Å². The number of hydrogen-bond donors (Lipinski definition) is 1. The SMILES string of the molecule is CC(=O)c1ccc2cccnc2c1N. The van der Waals surface area contributed by atoms with Crippen molar-refractivity contribution in [2.45, 2.75) is 6.92 Å². The van der Waals surface area contributed by atoms with Crippen LogP contribution in [0.4, 0.5) is 5.69 Å². The molecule has 0 unspecified atom stereocenters. The van der Waals surface area contributed by atoms with Gasteiger partial charge in [0.1, 0.15) is 0 Å².